The fourth-order valence-electron chi connectivity index (χ4n) is 1.16. The standard InChI is InChI=1S/C7H12O3/c8-7(9)5-6-3-1-2-4-10-6/h6H,1-5H2,(H,8,9)/t6-/m1/s1. The Hall–Kier alpha value is -0.570. The van der Waals surface area contributed by atoms with Crippen LogP contribution in [0.1, 0.15) is 25.7 Å². The minimum atomic E-state index is -0.757. The minimum Gasteiger partial charge on any atom is -0.481 e. The number of hydrogen-bond acceptors (Lipinski definition) is 2. The Morgan fingerprint density at radius 1 is 1.60 bits per heavy atom. The van der Waals surface area contributed by atoms with Crippen molar-refractivity contribution >= 4 is 5.97 Å². The molecular formula is C7H12O3. The Morgan fingerprint density at radius 2 is 2.40 bits per heavy atom. The Kier molecular flexibility index (Phi) is 2.68. The van der Waals surface area contributed by atoms with Crippen LogP contribution in [0.15, 0.2) is 0 Å². The molecule has 1 fully saturated rings. The van der Waals surface area contributed by atoms with Crippen LogP contribution < -0.4 is 0 Å². The van der Waals surface area contributed by atoms with Crippen molar-refractivity contribution < 1.29 is 14.6 Å². The molecular weight excluding hydrogens is 132 g/mol. The Morgan fingerprint density at radius 3 is 2.90 bits per heavy atom. The molecule has 10 heavy (non-hydrogen) atoms. The van der Waals surface area contributed by atoms with Crippen LogP contribution in [0.2, 0.25) is 0 Å². The van der Waals surface area contributed by atoms with Gasteiger partial charge in [-0.2, -0.15) is 0 Å². The smallest absolute Gasteiger partial charge is 0.305 e. The molecule has 3 nitrogen and oxygen atoms in total. The molecule has 0 aliphatic carbocycles. The van der Waals surface area contributed by atoms with Gasteiger partial charge in [-0.3, -0.25) is 4.79 Å². The first-order valence-corrected chi connectivity index (χ1v) is 3.62. The van der Waals surface area contributed by atoms with E-state index in [4.69, 9.17) is 9.84 Å². The average molecular weight is 144 g/mol. The highest BCUT2D eigenvalue weighted by atomic mass is 16.5. The van der Waals surface area contributed by atoms with Crippen molar-refractivity contribution in [2.75, 3.05) is 6.61 Å². The predicted octanol–water partition coefficient (Wildman–Crippen LogP) is 1.03. The van der Waals surface area contributed by atoms with Crippen LogP contribution in [0, 0.1) is 0 Å². The highest BCUT2D eigenvalue weighted by Gasteiger charge is 2.16. The number of carboxylic acids is 1. The third-order valence-corrected chi connectivity index (χ3v) is 1.68. The maximum absolute atomic E-state index is 10.2. The molecule has 0 aromatic heterocycles. The van der Waals surface area contributed by atoms with Crippen molar-refractivity contribution in [3.05, 3.63) is 0 Å². The zero-order valence-corrected chi connectivity index (χ0v) is 5.88. The van der Waals surface area contributed by atoms with Crippen LogP contribution in [-0.2, 0) is 9.53 Å². The first-order chi connectivity index (χ1) is 4.79. The molecule has 1 saturated heterocycles. The monoisotopic (exact) mass is 144 g/mol. The van der Waals surface area contributed by atoms with E-state index >= 15 is 0 Å². The molecule has 1 heterocycles. The van der Waals surface area contributed by atoms with Crippen molar-refractivity contribution in [1.82, 2.24) is 0 Å². The fraction of sp³-hybridized carbons (Fsp3) is 0.857. The number of carboxylic acid groups (broad SMARTS) is 1. The van der Waals surface area contributed by atoms with Gasteiger partial charge in [-0.15, -0.1) is 0 Å². The topological polar surface area (TPSA) is 46.5 Å². The summed E-state index contributed by atoms with van der Waals surface area (Å²) < 4.78 is 5.21. The van der Waals surface area contributed by atoms with Gasteiger partial charge in [-0.25, -0.2) is 0 Å². The third-order valence-electron chi connectivity index (χ3n) is 1.68. The summed E-state index contributed by atoms with van der Waals surface area (Å²) in [5, 5.41) is 8.39. The quantitative estimate of drug-likeness (QED) is 0.629. The second-order valence-electron chi connectivity index (χ2n) is 2.59. The molecule has 0 bridgehead atoms. The molecule has 0 radical (unpaired) electrons. The SMILES string of the molecule is O=C(O)C[C@H]1CCCCO1. The van der Waals surface area contributed by atoms with Gasteiger partial charge in [-0.05, 0) is 19.3 Å². The number of rotatable bonds is 2. The normalized spacial score (nSPS) is 26.2. The molecule has 1 atom stereocenters. The Balaban J connectivity index is 2.19. The van der Waals surface area contributed by atoms with Crippen LogP contribution in [0.5, 0.6) is 0 Å². The van der Waals surface area contributed by atoms with E-state index in [-0.39, 0.29) is 12.5 Å². The van der Waals surface area contributed by atoms with Crippen molar-refractivity contribution in [2.24, 2.45) is 0 Å². The highest BCUT2D eigenvalue weighted by molar-refractivity contribution is 5.67. The molecule has 1 rings (SSSR count). The predicted molar refractivity (Wildman–Crippen MR) is 35.8 cm³/mol. The van der Waals surface area contributed by atoms with Crippen LogP contribution in [0.25, 0.3) is 0 Å². The van der Waals surface area contributed by atoms with E-state index in [1.54, 1.807) is 0 Å². The van der Waals surface area contributed by atoms with Gasteiger partial charge in [0.05, 0.1) is 12.5 Å². The van der Waals surface area contributed by atoms with Crippen LogP contribution >= 0.6 is 0 Å². The van der Waals surface area contributed by atoms with E-state index < -0.39 is 5.97 Å². The molecule has 3 heteroatoms. The zero-order chi connectivity index (χ0) is 7.40. The number of aliphatic carboxylic acids is 1. The van der Waals surface area contributed by atoms with E-state index in [2.05, 4.69) is 0 Å². The lowest BCUT2D eigenvalue weighted by Crippen LogP contribution is -2.21. The summed E-state index contributed by atoms with van der Waals surface area (Å²) in [6, 6.07) is 0. The van der Waals surface area contributed by atoms with Gasteiger partial charge in [0.1, 0.15) is 0 Å². The van der Waals surface area contributed by atoms with Gasteiger partial charge >= 0.3 is 5.97 Å². The summed E-state index contributed by atoms with van der Waals surface area (Å²) in [7, 11) is 0. The van der Waals surface area contributed by atoms with E-state index in [0.29, 0.717) is 0 Å². The van der Waals surface area contributed by atoms with Gasteiger partial charge in [0.2, 0.25) is 0 Å². The average Bonchev–Trinajstić information content (AvgIpc) is 1.88. The number of ether oxygens (including phenoxy) is 1. The molecule has 1 N–H and O–H groups in total. The van der Waals surface area contributed by atoms with Crippen LogP contribution in [0.3, 0.4) is 0 Å². The van der Waals surface area contributed by atoms with Crippen molar-refractivity contribution in [1.29, 1.82) is 0 Å². The van der Waals surface area contributed by atoms with E-state index in [1.165, 1.54) is 0 Å². The summed E-state index contributed by atoms with van der Waals surface area (Å²) in [5.41, 5.74) is 0. The fourth-order valence-corrected chi connectivity index (χ4v) is 1.16. The van der Waals surface area contributed by atoms with E-state index in [1.807, 2.05) is 0 Å². The number of hydrogen-bond donors (Lipinski definition) is 1. The number of carbonyl (C=O) groups is 1. The lowest BCUT2D eigenvalue weighted by Gasteiger charge is -2.20. The van der Waals surface area contributed by atoms with Crippen LogP contribution in [0.4, 0.5) is 0 Å². The second kappa shape index (κ2) is 3.56. The Bertz CT molecular complexity index is 116. The third kappa shape index (κ3) is 2.35. The van der Waals surface area contributed by atoms with Gasteiger partial charge in [0.15, 0.2) is 0 Å². The zero-order valence-electron chi connectivity index (χ0n) is 5.88. The molecule has 0 amide bonds. The van der Waals surface area contributed by atoms with Crippen molar-refractivity contribution in [3.63, 3.8) is 0 Å². The summed E-state index contributed by atoms with van der Waals surface area (Å²) >= 11 is 0. The molecule has 0 aromatic carbocycles. The molecule has 58 valence electrons. The Labute approximate surface area is 60.0 Å². The van der Waals surface area contributed by atoms with Gasteiger partial charge in [0, 0.05) is 6.61 Å². The summed E-state index contributed by atoms with van der Waals surface area (Å²) in [6.45, 7) is 0.734. The van der Waals surface area contributed by atoms with Gasteiger partial charge in [0.25, 0.3) is 0 Å². The summed E-state index contributed by atoms with van der Waals surface area (Å²) in [6.07, 6.45) is 3.24. The lowest BCUT2D eigenvalue weighted by molar-refractivity contribution is -0.141. The lowest BCUT2D eigenvalue weighted by atomic mass is 10.1. The minimum absolute atomic E-state index is 0.0220. The summed E-state index contributed by atoms with van der Waals surface area (Å²) in [4.78, 5) is 10.2. The van der Waals surface area contributed by atoms with Crippen molar-refractivity contribution in [2.45, 2.75) is 31.8 Å². The maximum atomic E-state index is 10.2. The molecule has 0 aromatic rings. The molecule has 1 aliphatic rings. The van der Waals surface area contributed by atoms with E-state index in [9.17, 15) is 4.79 Å². The molecule has 0 unspecified atom stereocenters. The summed E-state index contributed by atoms with van der Waals surface area (Å²) in [5.74, 6) is -0.757. The van der Waals surface area contributed by atoms with Crippen molar-refractivity contribution in [3.8, 4) is 0 Å². The molecule has 1 aliphatic heterocycles. The largest absolute Gasteiger partial charge is 0.481 e. The van der Waals surface area contributed by atoms with Gasteiger partial charge < -0.3 is 9.84 Å². The van der Waals surface area contributed by atoms with Gasteiger partial charge in [-0.1, -0.05) is 0 Å². The molecule has 0 spiro atoms. The van der Waals surface area contributed by atoms with E-state index in [0.717, 1.165) is 25.9 Å². The van der Waals surface area contributed by atoms with Crippen LogP contribution in [-0.4, -0.2) is 23.8 Å². The first-order valence-electron chi connectivity index (χ1n) is 3.62. The molecule has 0 saturated carbocycles. The first kappa shape index (κ1) is 7.54. The highest BCUT2D eigenvalue weighted by Crippen LogP contribution is 2.14. The maximum Gasteiger partial charge on any atom is 0.305 e. The second-order valence-corrected chi connectivity index (χ2v) is 2.59.